The fraction of sp³-hybridized carbons (Fsp3) is 0.321. The molecule has 0 radical (unpaired) electrons. The first kappa shape index (κ1) is 27.0. The maximum Gasteiger partial charge on any atom is 0.252 e. The average Bonchev–Trinajstić information content (AvgIpc) is 3.47. The molecule has 1 saturated heterocycles. The molecule has 3 heterocycles. The van der Waals surface area contributed by atoms with E-state index in [4.69, 9.17) is 25.8 Å². The monoisotopic (exact) mass is 556 g/mol. The first-order chi connectivity index (χ1) is 18.5. The quantitative estimate of drug-likeness (QED) is 0.320. The molecule has 2 aromatic heterocycles. The van der Waals surface area contributed by atoms with Crippen LogP contribution in [0.15, 0.2) is 48.8 Å². The number of aromatic nitrogens is 3. The van der Waals surface area contributed by atoms with Gasteiger partial charge in [0, 0.05) is 16.6 Å². The van der Waals surface area contributed by atoms with E-state index in [1.54, 1.807) is 39.0 Å². The molecule has 5 rings (SSSR count). The van der Waals surface area contributed by atoms with Crippen LogP contribution in [0.5, 0.6) is 5.75 Å². The molecule has 0 bridgehead atoms. The highest BCUT2D eigenvalue weighted by atomic mass is 35.5. The van der Waals surface area contributed by atoms with E-state index in [2.05, 4.69) is 15.4 Å². The van der Waals surface area contributed by atoms with Crippen molar-refractivity contribution in [1.29, 1.82) is 0 Å². The lowest BCUT2D eigenvalue weighted by atomic mass is 10.0. The topological polar surface area (TPSA) is 87.5 Å². The minimum absolute atomic E-state index is 0.0226. The third-order valence-electron chi connectivity index (χ3n) is 6.40. The van der Waals surface area contributed by atoms with Gasteiger partial charge in [0.15, 0.2) is 17.7 Å². The Balaban J connectivity index is 1.42. The minimum Gasteiger partial charge on any atom is -0.487 e. The summed E-state index contributed by atoms with van der Waals surface area (Å²) in [6.07, 6.45) is 1.63. The van der Waals surface area contributed by atoms with E-state index in [0.717, 1.165) is 6.20 Å². The molecule has 0 unspecified atom stereocenters. The van der Waals surface area contributed by atoms with Gasteiger partial charge < -0.3 is 19.5 Å². The molecule has 0 spiro atoms. The number of para-hydroxylation sites is 1. The molecule has 2 atom stereocenters. The Morgan fingerprint density at radius 3 is 2.77 bits per heavy atom. The Bertz CT molecular complexity index is 1560. The maximum atomic E-state index is 14.4. The molecule has 1 aliphatic rings. The summed E-state index contributed by atoms with van der Waals surface area (Å²) >= 11 is 6.46. The average molecular weight is 557 g/mol. The first-order valence-corrected chi connectivity index (χ1v) is 12.7. The van der Waals surface area contributed by atoms with E-state index in [1.165, 1.54) is 23.0 Å². The molecule has 1 aliphatic heterocycles. The molecular formula is C28H27ClF2N4O4. The number of benzene rings is 2. The summed E-state index contributed by atoms with van der Waals surface area (Å²) in [5.74, 6) is -1.79. The second-order valence-corrected chi connectivity index (χ2v) is 10.2. The molecular weight excluding hydrogens is 530 g/mol. The van der Waals surface area contributed by atoms with Gasteiger partial charge in [-0.25, -0.2) is 18.4 Å². The summed E-state index contributed by atoms with van der Waals surface area (Å²) in [6.45, 7) is 7.10. The van der Waals surface area contributed by atoms with E-state index < -0.39 is 29.6 Å². The number of nitrogens with zero attached hydrogens (tertiary/aromatic N) is 3. The van der Waals surface area contributed by atoms with Crippen LogP contribution in [0, 0.1) is 18.6 Å². The van der Waals surface area contributed by atoms with Gasteiger partial charge in [0.05, 0.1) is 35.8 Å². The number of fused-ring (bicyclic) bond motifs is 1. The van der Waals surface area contributed by atoms with Crippen molar-refractivity contribution in [3.05, 3.63) is 82.3 Å². The Hall–Kier alpha value is -3.60. The van der Waals surface area contributed by atoms with Crippen molar-refractivity contribution in [3.8, 4) is 11.4 Å². The number of carbonyl (C=O) groups is 1. The molecule has 1 amide bonds. The second kappa shape index (κ2) is 10.5. The molecule has 39 heavy (non-hydrogen) atoms. The van der Waals surface area contributed by atoms with Crippen molar-refractivity contribution < 1.29 is 27.8 Å². The number of nitrogens with one attached hydrogen (secondary N) is 1. The van der Waals surface area contributed by atoms with E-state index in [0.29, 0.717) is 39.2 Å². The van der Waals surface area contributed by atoms with Crippen molar-refractivity contribution >= 4 is 28.4 Å². The summed E-state index contributed by atoms with van der Waals surface area (Å²) in [7, 11) is 0. The zero-order valence-electron chi connectivity index (χ0n) is 21.8. The molecule has 1 N–H and O–H groups in total. The zero-order valence-corrected chi connectivity index (χ0v) is 22.6. The molecule has 0 saturated carbocycles. The lowest BCUT2D eigenvalue weighted by molar-refractivity contribution is -0.153. The number of hydrogen-bond donors (Lipinski definition) is 1. The number of carbonyl (C=O) groups excluding carboxylic acids is 1. The number of rotatable bonds is 7. The van der Waals surface area contributed by atoms with Crippen LogP contribution < -0.4 is 10.1 Å². The van der Waals surface area contributed by atoms with Gasteiger partial charge in [0.25, 0.3) is 5.91 Å². The fourth-order valence-corrected chi connectivity index (χ4v) is 4.85. The SMILES string of the molecule is Cc1cc(-n2cc(F)cn2)c2cccc(OCc3c(Cl)cc(F)cc3[C@H](C)NC(=O)[C@@H]3COC(C)(C)O3)c2n1. The van der Waals surface area contributed by atoms with Crippen LogP contribution >= 0.6 is 11.6 Å². The summed E-state index contributed by atoms with van der Waals surface area (Å²) < 4.78 is 46.8. The number of hydrogen-bond acceptors (Lipinski definition) is 6. The second-order valence-electron chi connectivity index (χ2n) is 9.83. The number of ether oxygens (including phenoxy) is 3. The number of pyridine rings is 1. The fourth-order valence-electron chi connectivity index (χ4n) is 4.58. The Morgan fingerprint density at radius 2 is 2.08 bits per heavy atom. The highest BCUT2D eigenvalue weighted by Crippen LogP contribution is 2.33. The summed E-state index contributed by atoms with van der Waals surface area (Å²) in [5.41, 5.74) is 2.84. The van der Waals surface area contributed by atoms with Gasteiger partial charge in [-0.1, -0.05) is 23.7 Å². The lowest BCUT2D eigenvalue weighted by Gasteiger charge is -2.22. The van der Waals surface area contributed by atoms with Gasteiger partial charge in [-0.2, -0.15) is 5.10 Å². The Morgan fingerprint density at radius 1 is 1.28 bits per heavy atom. The van der Waals surface area contributed by atoms with Gasteiger partial charge in [-0.15, -0.1) is 0 Å². The molecule has 8 nitrogen and oxygen atoms in total. The summed E-state index contributed by atoms with van der Waals surface area (Å²) in [4.78, 5) is 17.4. The number of aryl methyl sites for hydroxylation is 1. The maximum absolute atomic E-state index is 14.4. The molecule has 2 aromatic carbocycles. The lowest BCUT2D eigenvalue weighted by Crippen LogP contribution is -2.38. The van der Waals surface area contributed by atoms with Crippen LogP contribution in [0.25, 0.3) is 16.6 Å². The predicted octanol–water partition coefficient (Wildman–Crippen LogP) is 5.57. The van der Waals surface area contributed by atoms with Gasteiger partial charge in [0.1, 0.15) is 23.7 Å². The zero-order chi connectivity index (χ0) is 27.9. The van der Waals surface area contributed by atoms with Gasteiger partial charge in [-0.05, 0) is 57.5 Å². The van der Waals surface area contributed by atoms with E-state index in [1.807, 2.05) is 13.0 Å². The van der Waals surface area contributed by atoms with Crippen molar-refractivity contribution in [2.24, 2.45) is 0 Å². The van der Waals surface area contributed by atoms with Crippen LogP contribution in [0.2, 0.25) is 5.02 Å². The summed E-state index contributed by atoms with van der Waals surface area (Å²) in [5, 5.41) is 7.80. The van der Waals surface area contributed by atoms with Crippen LogP contribution in [-0.4, -0.2) is 39.2 Å². The minimum atomic E-state index is -0.858. The molecule has 11 heteroatoms. The van der Waals surface area contributed by atoms with E-state index in [-0.39, 0.29) is 24.1 Å². The number of amides is 1. The smallest absolute Gasteiger partial charge is 0.252 e. The highest BCUT2D eigenvalue weighted by molar-refractivity contribution is 6.31. The molecule has 4 aromatic rings. The van der Waals surface area contributed by atoms with Crippen molar-refractivity contribution in [2.75, 3.05) is 6.61 Å². The van der Waals surface area contributed by atoms with Gasteiger partial charge >= 0.3 is 0 Å². The predicted molar refractivity (Wildman–Crippen MR) is 141 cm³/mol. The first-order valence-electron chi connectivity index (χ1n) is 12.3. The van der Waals surface area contributed by atoms with Gasteiger partial charge in [-0.3, -0.25) is 4.79 Å². The third kappa shape index (κ3) is 5.73. The third-order valence-corrected chi connectivity index (χ3v) is 6.74. The van der Waals surface area contributed by atoms with Crippen LogP contribution in [0.4, 0.5) is 8.78 Å². The van der Waals surface area contributed by atoms with Crippen LogP contribution in [0.1, 0.15) is 43.6 Å². The van der Waals surface area contributed by atoms with Crippen LogP contribution in [0.3, 0.4) is 0 Å². The Kier molecular flexibility index (Phi) is 7.28. The highest BCUT2D eigenvalue weighted by Gasteiger charge is 2.37. The molecule has 0 aliphatic carbocycles. The van der Waals surface area contributed by atoms with E-state index >= 15 is 0 Å². The summed E-state index contributed by atoms with van der Waals surface area (Å²) in [6, 6.07) is 9.10. The molecule has 204 valence electrons. The van der Waals surface area contributed by atoms with Gasteiger partial charge in [0.2, 0.25) is 0 Å². The largest absolute Gasteiger partial charge is 0.487 e. The van der Waals surface area contributed by atoms with Crippen molar-refractivity contribution in [2.45, 2.75) is 52.2 Å². The normalized spacial score (nSPS) is 17.4. The Labute approximate surface area is 228 Å². The van der Waals surface area contributed by atoms with Crippen molar-refractivity contribution in [3.63, 3.8) is 0 Å². The molecule has 1 fully saturated rings. The van der Waals surface area contributed by atoms with Crippen molar-refractivity contribution in [1.82, 2.24) is 20.1 Å². The van der Waals surface area contributed by atoms with Crippen LogP contribution in [-0.2, 0) is 20.9 Å². The standard InChI is InChI=1S/C28H27ClF2N4O4/c1-15-8-23(35-12-18(31)11-32-35)19-6-5-7-24(26(19)33-15)37-13-21-20(9-17(30)10-22(21)29)16(2)34-27(36)25-14-38-28(3,4)39-25/h5-12,16,25H,13-14H2,1-4H3,(H,34,36)/t16-,25-/m0/s1. The number of halogens is 3. The van der Waals surface area contributed by atoms with E-state index in [9.17, 15) is 13.6 Å².